The third kappa shape index (κ3) is 4.90. The minimum absolute atomic E-state index is 0.0305. The molecule has 128 valence electrons. The second kappa shape index (κ2) is 8.43. The van der Waals surface area contributed by atoms with Crippen molar-refractivity contribution in [2.24, 2.45) is 0 Å². The van der Waals surface area contributed by atoms with Crippen LogP contribution in [0.1, 0.15) is 12.5 Å². The van der Waals surface area contributed by atoms with Crippen LogP contribution in [0.2, 0.25) is 10.0 Å². The number of aromatic hydroxyl groups is 1. The molecular weight excluding hydrogens is 363 g/mol. The molecule has 0 radical (unpaired) electrons. The predicted molar refractivity (Wildman–Crippen MR) is 98.0 cm³/mol. The van der Waals surface area contributed by atoms with Crippen molar-refractivity contribution in [1.82, 2.24) is 0 Å². The fraction of sp³-hybridized carbons (Fsp3) is 0.111. The lowest BCUT2D eigenvalue weighted by Crippen LogP contribution is -2.13. The van der Waals surface area contributed by atoms with Gasteiger partial charge in [0, 0.05) is 5.69 Å². The third-order valence-corrected chi connectivity index (χ3v) is 3.71. The summed E-state index contributed by atoms with van der Waals surface area (Å²) in [5.41, 5.74) is 0.814. The quantitative estimate of drug-likeness (QED) is 0.587. The number of nitrogens with zero attached hydrogens (tertiary/aromatic N) is 1. The molecule has 2 aromatic rings. The number of phenolic OH excluding ortho intramolecular Hbond substituents is 1. The lowest BCUT2D eigenvalue weighted by Gasteiger charge is -2.07. The van der Waals surface area contributed by atoms with Crippen LogP contribution in [-0.2, 0) is 4.79 Å². The van der Waals surface area contributed by atoms with Gasteiger partial charge in [-0.15, -0.1) is 0 Å². The Morgan fingerprint density at radius 2 is 1.88 bits per heavy atom. The molecule has 0 bridgehead atoms. The first-order valence-corrected chi connectivity index (χ1v) is 8.04. The summed E-state index contributed by atoms with van der Waals surface area (Å²) in [5, 5.41) is 21.5. The van der Waals surface area contributed by atoms with Gasteiger partial charge in [0.1, 0.15) is 17.4 Å². The smallest absolute Gasteiger partial charge is 0.266 e. The number of hydrogen-bond acceptors (Lipinski definition) is 4. The summed E-state index contributed by atoms with van der Waals surface area (Å²) in [7, 11) is 0. The second-order valence-corrected chi connectivity index (χ2v) is 5.73. The molecule has 25 heavy (non-hydrogen) atoms. The van der Waals surface area contributed by atoms with Crippen LogP contribution in [0.3, 0.4) is 0 Å². The zero-order chi connectivity index (χ0) is 18.4. The number of carbonyl (C=O) groups is 1. The standard InChI is InChI=1S/C18H14Cl2N2O3/c1-2-25-14-5-3-13(4-6-14)22-18(24)12(10-21)7-11-8-15(19)17(23)16(20)9-11/h3-9,23H,2H2,1H3,(H,22,24). The Kier molecular flexibility index (Phi) is 6.29. The van der Waals surface area contributed by atoms with Crippen LogP contribution >= 0.6 is 23.2 Å². The Hall–Kier alpha value is -2.68. The Morgan fingerprint density at radius 1 is 1.28 bits per heavy atom. The van der Waals surface area contributed by atoms with Gasteiger partial charge in [-0.2, -0.15) is 5.26 Å². The second-order valence-electron chi connectivity index (χ2n) is 4.91. The summed E-state index contributed by atoms with van der Waals surface area (Å²) in [6, 6.07) is 11.4. The van der Waals surface area contributed by atoms with E-state index in [-0.39, 0.29) is 21.4 Å². The van der Waals surface area contributed by atoms with Crippen LogP contribution in [0.5, 0.6) is 11.5 Å². The van der Waals surface area contributed by atoms with Crippen molar-refractivity contribution in [3.8, 4) is 17.6 Å². The number of rotatable bonds is 5. The number of ether oxygens (including phenoxy) is 1. The van der Waals surface area contributed by atoms with Crippen molar-refractivity contribution in [2.75, 3.05) is 11.9 Å². The summed E-state index contributed by atoms with van der Waals surface area (Å²) in [6.07, 6.45) is 1.33. The number of benzene rings is 2. The van der Waals surface area contributed by atoms with Crippen molar-refractivity contribution < 1.29 is 14.6 Å². The molecule has 1 amide bonds. The van der Waals surface area contributed by atoms with Gasteiger partial charge in [-0.25, -0.2) is 0 Å². The van der Waals surface area contributed by atoms with Crippen molar-refractivity contribution in [3.63, 3.8) is 0 Å². The van der Waals surface area contributed by atoms with Crippen molar-refractivity contribution in [3.05, 3.63) is 57.6 Å². The maximum Gasteiger partial charge on any atom is 0.266 e. The van der Waals surface area contributed by atoms with Gasteiger partial charge in [0.05, 0.1) is 16.7 Å². The van der Waals surface area contributed by atoms with Crippen molar-refractivity contribution >= 4 is 40.9 Å². The largest absolute Gasteiger partial charge is 0.505 e. The fourth-order valence-electron chi connectivity index (χ4n) is 1.98. The van der Waals surface area contributed by atoms with Gasteiger partial charge in [0.15, 0.2) is 5.75 Å². The number of nitriles is 1. The van der Waals surface area contributed by atoms with Crippen LogP contribution in [-0.4, -0.2) is 17.6 Å². The number of nitrogens with one attached hydrogen (secondary N) is 1. The summed E-state index contributed by atoms with van der Waals surface area (Å²) in [6.45, 7) is 2.42. The van der Waals surface area contributed by atoms with Crippen LogP contribution in [0.4, 0.5) is 5.69 Å². The molecule has 0 spiro atoms. The van der Waals surface area contributed by atoms with E-state index in [4.69, 9.17) is 27.9 Å². The van der Waals surface area contributed by atoms with E-state index in [0.717, 1.165) is 0 Å². The Morgan fingerprint density at radius 3 is 2.40 bits per heavy atom. The molecule has 2 N–H and O–H groups in total. The van der Waals surface area contributed by atoms with E-state index in [1.54, 1.807) is 24.3 Å². The Balaban J connectivity index is 2.19. The van der Waals surface area contributed by atoms with Gasteiger partial charge in [-0.05, 0) is 55.0 Å². The molecule has 2 rings (SSSR count). The van der Waals surface area contributed by atoms with Crippen LogP contribution < -0.4 is 10.1 Å². The first-order valence-electron chi connectivity index (χ1n) is 7.28. The summed E-state index contributed by atoms with van der Waals surface area (Å²) < 4.78 is 5.32. The zero-order valence-corrected chi connectivity index (χ0v) is 14.7. The average Bonchev–Trinajstić information content (AvgIpc) is 2.59. The SMILES string of the molecule is CCOc1ccc(NC(=O)C(C#N)=Cc2cc(Cl)c(O)c(Cl)c2)cc1. The molecule has 2 aromatic carbocycles. The monoisotopic (exact) mass is 376 g/mol. The van der Waals surface area contributed by atoms with Gasteiger partial charge in [0.25, 0.3) is 5.91 Å². The molecule has 0 aliphatic carbocycles. The zero-order valence-electron chi connectivity index (χ0n) is 13.2. The lowest BCUT2D eigenvalue weighted by molar-refractivity contribution is -0.112. The molecule has 0 unspecified atom stereocenters. The van der Waals surface area contributed by atoms with Crippen molar-refractivity contribution in [2.45, 2.75) is 6.92 Å². The highest BCUT2D eigenvalue weighted by molar-refractivity contribution is 6.37. The van der Waals surface area contributed by atoms with Crippen LogP contribution in [0.25, 0.3) is 6.08 Å². The molecule has 0 heterocycles. The van der Waals surface area contributed by atoms with Gasteiger partial charge >= 0.3 is 0 Å². The number of halogens is 2. The molecule has 0 atom stereocenters. The number of anilines is 1. The van der Waals surface area contributed by atoms with Gasteiger partial charge < -0.3 is 15.2 Å². The molecule has 0 aliphatic heterocycles. The Labute approximate surface area is 155 Å². The predicted octanol–water partition coefficient (Wildman–Crippen LogP) is 4.64. The molecule has 7 heteroatoms. The first-order chi connectivity index (χ1) is 11.9. The number of amides is 1. The summed E-state index contributed by atoms with van der Waals surface area (Å²) in [4.78, 5) is 12.2. The topological polar surface area (TPSA) is 82.3 Å². The first kappa shape index (κ1) is 18.7. The van der Waals surface area contributed by atoms with Crippen LogP contribution in [0.15, 0.2) is 42.0 Å². The number of carbonyl (C=O) groups excluding carboxylic acids is 1. The molecular formula is C18H14Cl2N2O3. The summed E-state index contributed by atoms with van der Waals surface area (Å²) >= 11 is 11.7. The van der Waals surface area contributed by atoms with E-state index in [2.05, 4.69) is 5.32 Å². The Bertz CT molecular complexity index is 833. The number of hydrogen-bond donors (Lipinski definition) is 2. The molecule has 0 saturated heterocycles. The molecule has 0 aliphatic rings. The maximum atomic E-state index is 12.2. The highest BCUT2D eigenvalue weighted by Crippen LogP contribution is 2.33. The molecule has 0 aromatic heterocycles. The summed E-state index contributed by atoms with van der Waals surface area (Å²) in [5.74, 6) is -0.144. The highest BCUT2D eigenvalue weighted by atomic mass is 35.5. The third-order valence-electron chi connectivity index (χ3n) is 3.14. The van der Waals surface area contributed by atoms with E-state index in [1.165, 1.54) is 18.2 Å². The highest BCUT2D eigenvalue weighted by Gasteiger charge is 2.12. The maximum absolute atomic E-state index is 12.2. The van der Waals surface area contributed by atoms with E-state index < -0.39 is 5.91 Å². The minimum atomic E-state index is -0.577. The van der Waals surface area contributed by atoms with E-state index >= 15 is 0 Å². The fourth-order valence-corrected chi connectivity index (χ4v) is 2.49. The van der Waals surface area contributed by atoms with Crippen LogP contribution in [0, 0.1) is 11.3 Å². The lowest BCUT2D eigenvalue weighted by atomic mass is 10.1. The van der Waals surface area contributed by atoms with Gasteiger partial charge in [-0.3, -0.25) is 4.79 Å². The van der Waals surface area contributed by atoms with Gasteiger partial charge in [0.2, 0.25) is 0 Å². The molecule has 0 fully saturated rings. The van der Waals surface area contributed by atoms with E-state index in [1.807, 2.05) is 13.0 Å². The van der Waals surface area contributed by atoms with Crippen molar-refractivity contribution in [1.29, 1.82) is 5.26 Å². The molecule has 5 nitrogen and oxygen atoms in total. The average molecular weight is 377 g/mol. The van der Waals surface area contributed by atoms with Gasteiger partial charge in [-0.1, -0.05) is 23.2 Å². The normalized spacial score (nSPS) is 10.9. The minimum Gasteiger partial charge on any atom is -0.505 e. The molecule has 0 saturated carbocycles. The van der Waals surface area contributed by atoms with E-state index in [0.29, 0.717) is 23.6 Å². The number of phenols is 1. The van der Waals surface area contributed by atoms with E-state index in [9.17, 15) is 15.2 Å².